The Bertz CT molecular complexity index is 2460. The molecule has 0 aliphatic carbocycles. The van der Waals surface area contributed by atoms with Crippen LogP contribution in [0.1, 0.15) is 32.8 Å². The van der Waals surface area contributed by atoms with Crippen LogP contribution in [0.2, 0.25) is 0 Å². The average molecular weight is 782 g/mol. The van der Waals surface area contributed by atoms with Gasteiger partial charge in [-0.15, -0.1) is 5.10 Å². The molecule has 2 amide bonds. The molecule has 15 heteroatoms. The highest BCUT2D eigenvalue weighted by Crippen LogP contribution is 2.36. The number of anilines is 3. The first-order chi connectivity index (χ1) is 27.9. The Kier molecular flexibility index (Phi) is 10.1. The number of amides is 2. The van der Waals surface area contributed by atoms with Gasteiger partial charge < -0.3 is 29.1 Å². The fourth-order valence-corrected chi connectivity index (χ4v) is 7.60. The van der Waals surface area contributed by atoms with Crippen LogP contribution in [0, 0.1) is 6.92 Å². The Labute approximate surface area is 337 Å². The Hall–Kier alpha value is -6.64. The number of rotatable bonds is 8. The molecule has 2 fully saturated rings. The highest BCUT2D eigenvalue weighted by molar-refractivity contribution is 5.93. The lowest BCUT2D eigenvalue weighted by Crippen LogP contribution is -2.58. The van der Waals surface area contributed by atoms with E-state index in [9.17, 15) is 9.59 Å². The van der Waals surface area contributed by atoms with E-state index < -0.39 is 17.2 Å². The summed E-state index contributed by atoms with van der Waals surface area (Å²) in [6, 6.07) is 26.3. The Morgan fingerprint density at radius 3 is 2.38 bits per heavy atom. The predicted octanol–water partition coefficient (Wildman–Crippen LogP) is 6.12. The van der Waals surface area contributed by atoms with Crippen LogP contribution in [0.5, 0.6) is 6.01 Å². The molecule has 0 saturated carbocycles. The molecule has 6 aromatic rings. The van der Waals surface area contributed by atoms with Crippen molar-refractivity contribution in [3.05, 3.63) is 96.8 Å². The van der Waals surface area contributed by atoms with E-state index in [1.54, 1.807) is 21.8 Å². The molecule has 58 heavy (non-hydrogen) atoms. The van der Waals surface area contributed by atoms with Crippen LogP contribution in [-0.2, 0) is 15.1 Å². The number of hydrogen-bond acceptors (Lipinski definition) is 12. The van der Waals surface area contributed by atoms with E-state index in [4.69, 9.17) is 19.4 Å². The first-order valence-electron chi connectivity index (χ1n) is 19.4. The zero-order valence-corrected chi connectivity index (χ0v) is 33.7. The Morgan fingerprint density at radius 2 is 1.62 bits per heavy atom. The van der Waals surface area contributed by atoms with Gasteiger partial charge in [0.15, 0.2) is 5.54 Å². The highest BCUT2D eigenvalue weighted by atomic mass is 16.6. The minimum atomic E-state index is -1.20. The third kappa shape index (κ3) is 7.46. The molecular formula is C43H47N11O4. The monoisotopic (exact) mass is 781 g/mol. The van der Waals surface area contributed by atoms with E-state index in [0.29, 0.717) is 56.6 Å². The maximum atomic E-state index is 15.0. The van der Waals surface area contributed by atoms with Crippen molar-refractivity contribution in [3.63, 3.8) is 0 Å². The number of aryl methyl sites for hydroxylation is 1. The van der Waals surface area contributed by atoms with Crippen molar-refractivity contribution in [1.82, 2.24) is 44.7 Å². The summed E-state index contributed by atoms with van der Waals surface area (Å²) < 4.78 is 12.7. The molecule has 5 heterocycles. The number of methoxy groups -OCH3 is 1. The molecule has 298 valence electrons. The molecule has 3 aromatic heterocycles. The molecule has 0 bridgehead atoms. The fourth-order valence-electron chi connectivity index (χ4n) is 7.60. The van der Waals surface area contributed by atoms with Crippen LogP contribution in [0.15, 0.2) is 91.3 Å². The van der Waals surface area contributed by atoms with Gasteiger partial charge in [-0.1, -0.05) is 59.8 Å². The van der Waals surface area contributed by atoms with Gasteiger partial charge in [-0.05, 0) is 57.5 Å². The largest absolute Gasteiger partial charge is 0.467 e. The molecule has 1 atom stereocenters. The molecular weight excluding hydrogens is 735 g/mol. The minimum absolute atomic E-state index is 0.0925. The van der Waals surface area contributed by atoms with E-state index >= 15 is 0 Å². The summed E-state index contributed by atoms with van der Waals surface area (Å²) >= 11 is 0. The summed E-state index contributed by atoms with van der Waals surface area (Å²) in [7, 11) is 3.45. The fraction of sp³-hybridized carbons (Fsp3) is 0.349. The third-order valence-corrected chi connectivity index (χ3v) is 10.7. The summed E-state index contributed by atoms with van der Waals surface area (Å²) in [5.74, 6) is 1.16. The van der Waals surface area contributed by atoms with E-state index in [1.165, 1.54) is 7.11 Å². The predicted molar refractivity (Wildman–Crippen MR) is 221 cm³/mol. The second kappa shape index (κ2) is 15.4. The van der Waals surface area contributed by atoms with Crippen molar-refractivity contribution >= 4 is 40.4 Å². The molecule has 2 aliphatic rings. The van der Waals surface area contributed by atoms with E-state index in [-0.39, 0.29) is 18.5 Å². The number of hydrogen-bond donors (Lipinski definition) is 0. The normalized spacial score (nSPS) is 17.1. The van der Waals surface area contributed by atoms with Gasteiger partial charge in [0.1, 0.15) is 17.1 Å². The molecule has 8 rings (SSSR count). The van der Waals surface area contributed by atoms with Gasteiger partial charge in [0.25, 0.3) is 5.91 Å². The molecule has 0 radical (unpaired) electrons. The van der Waals surface area contributed by atoms with E-state index in [0.717, 1.165) is 39.0 Å². The molecule has 1 unspecified atom stereocenters. The van der Waals surface area contributed by atoms with Crippen molar-refractivity contribution in [2.24, 2.45) is 0 Å². The Morgan fingerprint density at radius 1 is 0.862 bits per heavy atom. The minimum Gasteiger partial charge on any atom is -0.467 e. The first-order valence-corrected chi connectivity index (χ1v) is 19.4. The molecule has 15 nitrogen and oxygen atoms in total. The maximum absolute atomic E-state index is 15.0. The van der Waals surface area contributed by atoms with Crippen LogP contribution in [-0.4, -0.2) is 116 Å². The summed E-state index contributed by atoms with van der Waals surface area (Å²) in [4.78, 5) is 54.6. The topological polar surface area (TPSA) is 148 Å². The van der Waals surface area contributed by atoms with Gasteiger partial charge in [-0.25, -0.2) is 24.4 Å². The van der Waals surface area contributed by atoms with Gasteiger partial charge in [0, 0.05) is 74.6 Å². The van der Waals surface area contributed by atoms with Crippen molar-refractivity contribution in [1.29, 1.82) is 0 Å². The highest BCUT2D eigenvalue weighted by Gasteiger charge is 2.51. The van der Waals surface area contributed by atoms with Crippen molar-refractivity contribution in [2.75, 3.05) is 63.2 Å². The van der Waals surface area contributed by atoms with Crippen molar-refractivity contribution < 1.29 is 19.1 Å². The summed E-state index contributed by atoms with van der Waals surface area (Å²) in [5.41, 5.74) is 4.14. The van der Waals surface area contributed by atoms with E-state index in [1.807, 2.05) is 111 Å². The number of aromatic nitrogens is 7. The number of likely N-dealkylation sites (tertiary alicyclic amines) is 1. The molecule has 2 aliphatic heterocycles. The number of carbonyl (C=O) groups excluding carboxylic acids is 2. The van der Waals surface area contributed by atoms with Gasteiger partial charge >= 0.3 is 12.1 Å². The van der Waals surface area contributed by atoms with Gasteiger partial charge in [-0.3, -0.25) is 4.79 Å². The zero-order chi connectivity index (χ0) is 40.6. The van der Waals surface area contributed by atoms with Crippen LogP contribution in [0.3, 0.4) is 0 Å². The molecule has 0 N–H and O–H groups in total. The third-order valence-electron chi connectivity index (χ3n) is 10.7. The first kappa shape index (κ1) is 38.2. The quantitative estimate of drug-likeness (QED) is 0.175. The van der Waals surface area contributed by atoms with Crippen LogP contribution in [0.4, 0.5) is 22.2 Å². The molecule has 3 aromatic carbocycles. The molecule has 0 spiro atoms. The Balaban J connectivity index is 1.08. The lowest BCUT2D eigenvalue weighted by atomic mass is 9.95. The second-order valence-corrected chi connectivity index (χ2v) is 15.7. The number of ether oxygens (including phenoxy) is 2. The second-order valence-electron chi connectivity index (χ2n) is 15.7. The SMILES string of the molecule is COc1nccc(N(C)c2ccc(C)c(-c3cn(C4(C(=O)N5CCN(c6nc(-c7ccccc7)c7ccccc7n6)CC5)CCN(C(=O)OC(C)(C)C)C4)nn3)c2)n1. The van der Waals surface area contributed by atoms with Crippen molar-refractivity contribution in [3.8, 4) is 28.5 Å². The number of para-hydroxylation sites is 1. The summed E-state index contributed by atoms with van der Waals surface area (Å²) in [5, 5.41) is 10.2. The summed E-state index contributed by atoms with van der Waals surface area (Å²) in [6.07, 6.45) is 3.35. The van der Waals surface area contributed by atoms with Gasteiger partial charge in [0.2, 0.25) is 5.95 Å². The van der Waals surface area contributed by atoms with Crippen LogP contribution in [0.25, 0.3) is 33.4 Å². The van der Waals surface area contributed by atoms with Gasteiger partial charge in [-0.2, -0.15) is 4.98 Å². The van der Waals surface area contributed by atoms with Crippen LogP contribution >= 0.6 is 0 Å². The molecule has 2 saturated heterocycles. The lowest BCUT2D eigenvalue weighted by Gasteiger charge is -2.39. The number of benzene rings is 3. The standard InChI is InChI=1S/C43H47N11O4/c1-29-16-17-31(50(5)36-18-20-44-40(46-36)57-6)26-33(29)35-27-54(49-48-35)43(19-21-53(28-43)41(56)58-42(2,3)4)38(55)51-22-24-52(25-23-51)39-45-34-15-11-10-14-32(34)37(47-39)30-12-8-7-9-13-30/h7-18,20,26-27H,19,21-25,28H2,1-6H3. The van der Waals surface area contributed by atoms with Crippen molar-refractivity contribution in [2.45, 2.75) is 45.3 Å². The maximum Gasteiger partial charge on any atom is 0.410 e. The number of fused-ring (bicyclic) bond motifs is 1. The lowest BCUT2D eigenvalue weighted by molar-refractivity contribution is -0.141. The van der Waals surface area contributed by atoms with Crippen LogP contribution < -0.4 is 14.5 Å². The van der Waals surface area contributed by atoms with Gasteiger partial charge in [0.05, 0.1) is 31.1 Å². The number of nitrogens with zero attached hydrogens (tertiary/aromatic N) is 11. The zero-order valence-electron chi connectivity index (χ0n) is 33.7. The summed E-state index contributed by atoms with van der Waals surface area (Å²) in [6.45, 7) is 9.86. The smallest absolute Gasteiger partial charge is 0.410 e. The van der Waals surface area contributed by atoms with E-state index in [2.05, 4.69) is 37.3 Å². The number of piperazine rings is 1. The number of carbonyl (C=O) groups is 2. The average Bonchev–Trinajstić information content (AvgIpc) is 3.93.